The molecule has 2 aromatic heterocycles. The van der Waals surface area contributed by atoms with E-state index in [0.29, 0.717) is 71.1 Å². The van der Waals surface area contributed by atoms with Crippen LogP contribution >= 0.6 is 0 Å². The molecule has 0 radical (unpaired) electrons. The van der Waals surface area contributed by atoms with Crippen LogP contribution in [-0.2, 0) is 38.4 Å². The minimum atomic E-state index is -1.01. The van der Waals surface area contributed by atoms with Crippen LogP contribution in [0.25, 0.3) is 11.0 Å². The molecule has 3 heterocycles. The van der Waals surface area contributed by atoms with Crippen LogP contribution in [0.2, 0.25) is 0 Å². The second-order valence-electron chi connectivity index (χ2n) is 16.8. The van der Waals surface area contributed by atoms with Crippen molar-refractivity contribution in [1.82, 2.24) is 46.4 Å². The Morgan fingerprint density at radius 2 is 1.38 bits per heavy atom. The number of fused-ring (bicyclic) bond motifs is 1. The van der Waals surface area contributed by atoms with Crippen LogP contribution in [-0.4, -0.2) is 137 Å². The maximum absolute atomic E-state index is 13.2. The predicted molar refractivity (Wildman–Crippen MR) is 249 cm³/mol. The molecule has 3 rings (SSSR count). The Balaban J connectivity index is 1.32. The lowest BCUT2D eigenvalue weighted by Gasteiger charge is -2.35. The average molecular weight is 925 g/mol. The van der Waals surface area contributed by atoms with E-state index in [4.69, 9.17) is 17.2 Å². The molecule has 366 valence electrons. The number of nitrogens with two attached hydrogens (primary N) is 3. The number of primary amides is 1. The summed E-state index contributed by atoms with van der Waals surface area (Å²) >= 11 is 0. The maximum atomic E-state index is 13.2. The zero-order valence-electron chi connectivity index (χ0n) is 38.8. The first-order valence-corrected chi connectivity index (χ1v) is 23.2. The summed E-state index contributed by atoms with van der Waals surface area (Å²) in [4.78, 5) is 120. The molecule has 4 atom stereocenters. The number of carbonyl (C=O) groups is 8. The topological polar surface area (TPSA) is 335 Å². The van der Waals surface area contributed by atoms with Crippen molar-refractivity contribution in [1.29, 1.82) is 0 Å². The van der Waals surface area contributed by atoms with Crippen LogP contribution in [0.3, 0.4) is 0 Å². The number of nitrogens with zero attached hydrogens (tertiary/aromatic N) is 5. The molecule has 0 spiro atoms. The monoisotopic (exact) mass is 925 g/mol. The van der Waals surface area contributed by atoms with Crippen LogP contribution in [0, 0.1) is 5.92 Å². The number of aromatic nitrogens is 3. The van der Waals surface area contributed by atoms with Crippen molar-refractivity contribution in [3.63, 3.8) is 0 Å². The first-order chi connectivity index (χ1) is 31.6. The highest BCUT2D eigenvalue weighted by Gasteiger charge is 2.27. The Hall–Kier alpha value is -6.35. The van der Waals surface area contributed by atoms with Gasteiger partial charge in [-0.1, -0.05) is 39.5 Å². The Morgan fingerprint density at radius 1 is 0.742 bits per heavy atom. The highest BCUT2D eigenvalue weighted by Crippen LogP contribution is 2.23. The Bertz CT molecular complexity index is 1950. The Labute approximate surface area is 386 Å². The number of carbonyl (C=O) groups excluding carboxylic acids is 8. The van der Waals surface area contributed by atoms with E-state index in [-0.39, 0.29) is 80.7 Å². The molecule has 22 nitrogen and oxygen atoms in total. The molecule has 7 amide bonds. The van der Waals surface area contributed by atoms with E-state index in [2.05, 4.69) is 51.4 Å². The SMILES string of the molecule is CC[C@H](C)[C@H](NC(=O)CCC(=O)N[C@@H](CCCCNC(=O)[C@@H](CCCN=C(N)N)NC(=O)CCCCCCCC(=O)N1CCN(c2ncnc3[nH]ccc23)CC1)C(N)=O)C(=O)NCC(C)=O. The van der Waals surface area contributed by atoms with Gasteiger partial charge in [0.1, 0.15) is 41.7 Å². The number of piperazine rings is 1. The highest BCUT2D eigenvalue weighted by atomic mass is 16.2. The van der Waals surface area contributed by atoms with Gasteiger partial charge in [-0.15, -0.1) is 0 Å². The number of amides is 7. The van der Waals surface area contributed by atoms with Gasteiger partial charge < -0.3 is 58.6 Å². The van der Waals surface area contributed by atoms with E-state index >= 15 is 0 Å². The first kappa shape index (κ1) is 54.0. The molecule has 1 saturated heterocycles. The third-order valence-corrected chi connectivity index (χ3v) is 11.5. The van der Waals surface area contributed by atoms with Crippen LogP contribution < -0.4 is 48.7 Å². The molecular formula is C44H72N14O8. The maximum Gasteiger partial charge on any atom is 0.243 e. The molecular weight excluding hydrogens is 853 g/mol. The molecule has 22 heteroatoms. The van der Waals surface area contributed by atoms with Crippen LogP contribution in [0.4, 0.5) is 5.82 Å². The number of nitrogens with one attached hydrogen (secondary N) is 6. The van der Waals surface area contributed by atoms with Crippen molar-refractivity contribution in [2.45, 2.75) is 135 Å². The van der Waals surface area contributed by atoms with Gasteiger partial charge in [-0.2, -0.15) is 0 Å². The Morgan fingerprint density at radius 3 is 2.05 bits per heavy atom. The van der Waals surface area contributed by atoms with Gasteiger partial charge in [0, 0.05) is 71.1 Å². The number of hydrogen-bond donors (Lipinski definition) is 9. The number of aromatic amines is 1. The second-order valence-corrected chi connectivity index (χ2v) is 16.8. The lowest BCUT2D eigenvalue weighted by molar-refractivity contribution is -0.132. The van der Waals surface area contributed by atoms with E-state index in [1.54, 1.807) is 13.3 Å². The molecule has 12 N–H and O–H groups in total. The number of aliphatic imine (C=N–C) groups is 1. The quantitative estimate of drug-likeness (QED) is 0.0277. The number of guanidine groups is 1. The predicted octanol–water partition coefficient (Wildman–Crippen LogP) is 0.149. The van der Waals surface area contributed by atoms with Crippen LogP contribution in [0.15, 0.2) is 23.6 Å². The largest absolute Gasteiger partial charge is 0.370 e. The number of H-pyrrole nitrogens is 1. The minimum absolute atomic E-state index is 0.0733. The number of hydrogen-bond acceptors (Lipinski definition) is 12. The lowest BCUT2D eigenvalue weighted by atomic mass is 9.98. The zero-order chi connectivity index (χ0) is 48.4. The highest BCUT2D eigenvalue weighted by molar-refractivity contribution is 5.93. The molecule has 1 fully saturated rings. The molecule has 0 aliphatic carbocycles. The molecule has 2 aromatic rings. The van der Waals surface area contributed by atoms with Crippen molar-refractivity contribution >= 4 is 69.9 Å². The number of Topliss-reactive ketones (excluding diaryl/α,β-unsaturated/α-hetero) is 1. The Kier molecular flexibility index (Phi) is 23.9. The van der Waals surface area contributed by atoms with Gasteiger partial charge in [-0.3, -0.25) is 43.3 Å². The zero-order valence-corrected chi connectivity index (χ0v) is 38.8. The van der Waals surface area contributed by atoms with Crippen molar-refractivity contribution in [2.24, 2.45) is 28.1 Å². The molecule has 1 aliphatic rings. The summed E-state index contributed by atoms with van der Waals surface area (Å²) in [5.74, 6) is -2.51. The summed E-state index contributed by atoms with van der Waals surface area (Å²) in [6, 6.07) is -0.749. The smallest absolute Gasteiger partial charge is 0.243 e. The minimum Gasteiger partial charge on any atom is -0.370 e. The number of anilines is 1. The van der Waals surface area contributed by atoms with E-state index in [1.807, 2.05) is 24.1 Å². The second kappa shape index (κ2) is 29.2. The molecule has 1 aliphatic heterocycles. The van der Waals surface area contributed by atoms with Gasteiger partial charge in [-0.25, -0.2) is 9.97 Å². The van der Waals surface area contributed by atoms with E-state index < -0.39 is 41.8 Å². The van der Waals surface area contributed by atoms with Gasteiger partial charge in [0.2, 0.25) is 41.4 Å². The van der Waals surface area contributed by atoms with Crippen molar-refractivity contribution in [3.8, 4) is 0 Å². The summed E-state index contributed by atoms with van der Waals surface area (Å²) in [6.07, 6.45) is 9.93. The summed E-state index contributed by atoms with van der Waals surface area (Å²) in [7, 11) is 0. The fourth-order valence-corrected chi connectivity index (χ4v) is 7.42. The summed E-state index contributed by atoms with van der Waals surface area (Å²) in [5.41, 5.74) is 17.2. The molecule has 66 heavy (non-hydrogen) atoms. The standard InChI is InChI=1S/C44H72N14O8/c1-4-29(2)38(43(66)51-27-30(3)59)56-36(62)18-17-35(61)54-32(39(45)64)13-10-11-20-49-42(65)33(14-12-21-50-44(46)47)55-34(60)15-8-6-5-7-9-16-37(63)57-23-25-58(26-24-57)41-31-19-22-48-40(31)52-28-53-41/h19,22,28-29,32-33,38H,4-18,20-21,23-27H2,1-3H3,(H2,45,64)(H,49,65)(H,51,66)(H,54,61)(H,55,60)(H,56,62)(H4,46,47,50)(H,48,52,53)/t29-,32-,33+,38-/m0/s1. The number of ketones is 1. The van der Waals surface area contributed by atoms with Gasteiger partial charge in [0.15, 0.2) is 5.96 Å². The van der Waals surface area contributed by atoms with E-state index in [0.717, 1.165) is 42.5 Å². The van der Waals surface area contributed by atoms with Crippen molar-refractivity contribution in [2.75, 3.05) is 50.7 Å². The average Bonchev–Trinajstić information content (AvgIpc) is 3.78. The van der Waals surface area contributed by atoms with Crippen LogP contribution in [0.1, 0.15) is 117 Å². The van der Waals surface area contributed by atoms with Crippen molar-refractivity contribution in [3.05, 3.63) is 18.6 Å². The third kappa shape index (κ3) is 19.8. The van der Waals surface area contributed by atoms with Crippen molar-refractivity contribution < 1.29 is 38.4 Å². The summed E-state index contributed by atoms with van der Waals surface area (Å²) in [5, 5.41) is 14.3. The summed E-state index contributed by atoms with van der Waals surface area (Å²) in [6.45, 7) is 8.01. The molecule has 0 aromatic carbocycles. The van der Waals surface area contributed by atoms with Gasteiger partial charge in [0.25, 0.3) is 0 Å². The lowest BCUT2D eigenvalue weighted by Crippen LogP contribution is -2.51. The van der Waals surface area contributed by atoms with Gasteiger partial charge >= 0.3 is 0 Å². The third-order valence-electron chi connectivity index (χ3n) is 11.5. The molecule has 0 unspecified atom stereocenters. The van der Waals surface area contributed by atoms with Crippen LogP contribution in [0.5, 0.6) is 0 Å². The number of unbranched alkanes of at least 4 members (excludes halogenated alkanes) is 5. The summed E-state index contributed by atoms with van der Waals surface area (Å²) < 4.78 is 0. The van der Waals surface area contributed by atoms with Gasteiger partial charge in [-0.05, 0) is 63.9 Å². The van der Waals surface area contributed by atoms with Gasteiger partial charge in [0.05, 0.1) is 11.9 Å². The normalized spacial score (nSPS) is 14.3. The molecule has 0 bridgehead atoms. The molecule has 0 saturated carbocycles. The fourth-order valence-electron chi connectivity index (χ4n) is 7.42. The number of rotatable bonds is 31. The van der Waals surface area contributed by atoms with E-state index in [9.17, 15) is 38.4 Å². The first-order valence-electron chi connectivity index (χ1n) is 23.2. The fraction of sp³-hybridized carbons (Fsp3) is 0.659. The van der Waals surface area contributed by atoms with E-state index in [1.165, 1.54) is 6.92 Å².